The van der Waals surface area contributed by atoms with Gasteiger partial charge in [0.05, 0.1) is 0 Å². The molecule has 122 valence electrons. The van der Waals surface area contributed by atoms with Crippen LogP contribution in [0.15, 0.2) is 47.7 Å². The van der Waals surface area contributed by atoms with Gasteiger partial charge >= 0.3 is 0 Å². The number of pyridine rings is 1. The Hall–Kier alpha value is -2.67. The Morgan fingerprint density at radius 2 is 1.88 bits per heavy atom. The third-order valence-electron chi connectivity index (χ3n) is 4.34. The second kappa shape index (κ2) is 6.84. The minimum Gasteiger partial charge on any atom is -0.343 e. The Balaban J connectivity index is 1.35. The molecule has 3 aromatic heterocycles. The molecule has 7 nitrogen and oxygen atoms in total. The fraction of sp³-hybridized carbons (Fsp3) is 0.353. The lowest BCUT2D eigenvalue weighted by atomic mass is 9.96. The number of nitrogens with zero attached hydrogens (tertiary/aromatic N) is 6. The van der Waals surface area contributed by atoms with Gasteiger partial charge in [-0.15, -0.1) is 0 Å². The predicted octanol–water partition coefficient (Wildman–Crippen LogP) is 2.30. The van der Waals surface area contributed by atoms with Crippen LogP contribution in [0.4, 0.5) is 0 Å². The van der Waals surface area contributed by atoms with Crippen LogP contribution in [0, 0.1) is 0 Å². The summed E-state index contributed by atoms with van der Waals surface area (Å²) < 4.78 is 4.84. The van der Waals surface area contributed by atoms with Crippen LogP contribution in [-0.2, 0) is 6.54 Å². The Bertz CT molecular complexity index is 752. The highest BCUT2D eigenvalue weighted by Gasteiger charge is 2.23. The van der Waals surface area contributed by atoms with Gasteiger partial charge in [0.1, 0.15) is 5.69 Å². The number of piperidine rings is 1. The molecule has 4 rings (SSSR count). The monoisotopic (exact) mass is 322 g/mol. The quantitative estimate of drug-likeness (QED) is 0.729. The second-order valence-corrected chi connectivity index (χ2v) is 5.97. The van der Waals surface area contributed by atoms with E-state index in [0.717, 1.165) is 49.6 Å². The van der Waals surface area contributed by atoms with Crippen molar-refractivity contribution in [2.75, 3.05) is 13.1 Å². The number of hydrogen-bond acceptors (Lipinski definition) is 7. The molecule has 0 aliphatic carbocycles. The zero-order valence-electron chi connectivity index (χ0n) is 13.2. The molecule has 0 spiro atoms. The molecule has 0 aromatic carbocycles. The number of aromatic nitrogens is 5. The Morgan fingerprint density at radius 3 is 2.54 bits per heavy atom. The van der Waals surface area contributed by atoms with Crippen molar-refractivity contribution in [3.8, 4) is 11.5 Å². The summed E-state index contributed by atoms with van der Waals surface area (Å²) >= 11 is 0. The molecule has 0 radical (unpaired) electrons. The molecule has 1 aliphatic heterocycles. The molecule has 24 heavy (non-hydrogen) atoms. The van der Waals surface area contributed by atoms with Crippen LogP contribution in [-0.4, -0.2) is 43.1 Å². The first-order valence-corrected chi connectivity index (χ1v) is 8.09. The third-order valence-corrected chi connectivity index (χ3v) is 4.34. The third kappa shape index (κ3) is 3.30. The van der Waals surface area contributed by atoms with E-state index in [4.69, 9.17) is 4.52 Å². The van der Waals surface area contributed by atoms with Gasteiger partial charge in [0.25, 0.3) is 0 Å². The number of rotatable bonds is 4. The summed E-state index contributed by atoms with van der Waals surface area (Å²) in [5.74, 6) is 1.90. The zero-order valence-corrected chi connectivity index (χ0v) is 13.2. The Kier molecular flexibility index (Phi) is 4.24. The van der Waals surface area contributed by atoms with Gasteiger partial charge in [0, 0.05) is 36.6 Å². The van der Waals surface area contributed by atoms with Crippen molar-refractivity contribution in [2.24, 2.45) is 0 Å². The van der Waals surface area contributed by atoms with Gasteiger partial charge in [-0.1, -0.05) is 11.2 Å². The molecular formula is C17H18N6O. The highest BCUT2D eigenvalue weighted by atomic mass is 16.5. The van der Waals surface area contributed by atoms with Crippen molar-refractivity contribution in [3.63, 3.8) is 0 Å². The summed E-state index contributed by atoms with van der Waals surface area (Å²) in [6, 6.07) is 5.74. The molecule has 7 heteroatoms. The molecule has 4 heterocycles. The number of hydrogen-bond donors (Lipinski definition) is 0. The fourth-order valence-corrected chi connectivity index (χ4v) is 3.03. The molecule has 0 atom stereocenters. The first kappa shape index (κ1) is 14.9. The van der Waals surface area contributed by atoms with Crippen LogP contribution in [0.2, 0.25) is 0 Å². The molecule has 1 aliphatic rings. The molecule has 1 fully saturated rings. The molecule has 3 aromatic rings. The normalized spacial score (nSPS) is 16.3. The summed E-state index contributed by atoms with van der Waals surface area (Å²) in [7, 11) is 0. The molecule has 1 saturated heterocycles. The average Bonchev–Trinajstić information content (AvgIpc) is 3.18. The lowest BCUT2D eigenvalue weighted by Gasteiger charge is -2.30. The highest BCUT2D eigenvalue weighted by Crippen LogP contribution is 2.26. The molecule has 0 saturated carbocycles. The maximum absolute atomic E-state index is 4.84. The van der Waals surface area contributed by atoms with Crippen LogP contribution in [0.3, 0.4) is 0 Å². The van der Waals surface area contributed by atoms with E-state index in [-0.39, 0.29) is 0 Å². The van der Waals surface area contributed by atoms with E-state index in [9.17, 15) is 0 Å². The molecular weight excluding hydrogens is 304 g/mol. The Labute approximate surface area is 139 Å². The fourth-order valence-electron chi connectivity index (χ4n) is 3.03. The van der Waals surface area contributed by atoms with E-state index in [0.29, 0.717) is 11.7 Å². The van der Waals surface area contributed by atoms with Gasteiger partial charge < -0.3 is 4.52 Å². The standard InChI is InChI=1S/C17H18N6O/c1-2-6-18-15(3-1)17-19-9-13(10-20-17)11-23-7-4-14(5-8-23)16-21-12-24-22-16/h1-3,6,9-10,12,14H,4-5,7-8,11H2. The van der Waals surface area contributed by atoms with Crippen LogP contribution < -0.4 is 0 Å². The predicted molar refractivity (Wildman–Crippen MR) is 86.8 cm³/mol. The van der Waals surface area contributed by atoms with Crippen molar-refractivity contribution in [1.82, 2.24) is 30.0 Å². The molecule has 0 bridgehead atoms. The summed E-state index contributed by atoms with van der Waals surface area (Å²) in [6.07, 6.45) is 9.03. The molecule has 0 amide bonds. The SMILES string of the molecule is c1ccc(-c2ncc(CN3CCC(c4ncon4)CC3)cn2)nc1. The van der Waals surface area contributed by atoms with E-state index in [2.05, 4.69) is 30.0 Å². The largest absolute Gasteiger partial charge is 0.343 e. The Morgan fingerprint density at radius 1 is 1.04 bits per heavy atom. The first-order valence-electron chi connectivity index (χ1n) is 8.09. The zero-order chi connectivity index (χ0) is 16.2. The lowest BCUT2D eigenvalue weighted by molar-refractivity contribution is 0.200. The van der Waals surface area contributed by atoms with Crippen LogP contribution in [0.25, 0.3) is 11.5 Å². The highest BCUT2D eigenvalue weighted by molar-refractivity contribution is 5.47. The summed E-state index contributed by atoms with van der Waals surface area (Å²) in [5.41, 5.74) is 1.91. The summed E-state index contributed by atoms with van der Waals surface area (Å²) in [6.45, 7) is 2.89. The smallest absolute Gasteiger partial charge is 0.213 e. The van der Waals surface area contributed by atoms with Crippen molar-refractivity contribution in [1.29, 1.82) is 0 Å². The molecule has 0 unspecified atom stereocenters. The van der Waals surface area contributed by atoms with Gasteiger partial charge in [-0.2, -0.15) is 4.98 Å². The van der Waals surface area contributed by atoms with Crippen LogP contribution >= 0.6 is 0 Å². The van der Waals surface area contributed by atoms with E-state index < -0.39 is 0 Å². The van der Waals surface area contributed by atoms with Crippen LogP contribution in [0.1, 0.15) is 30.1 Å². The van der Waals surface area contributed by atoms with Gasteiger partial charge in [-0.25, -0.2) is 9.97 Å². The maximum Gasteiger partial charge on any atom is 0.213 e. The van der Waals surface area contributed by atoms with Crippen LogP contribution in [0.5, 0.6) is 0 Å². The van der Waals surface area contributed by atoms with Crippen molar-refractivity contribution in [3.05, 3.63) is 54.6 Å². The van der Waals surface area contributed by atoms with E-state index in [1.807, 2.05) is 30.6 Å². The van der Waals surface area contributed by atoms with Crippen molar-refractivity contribution >= 4 is 0 Å². The maximum atomic E-state index is 4.84. The summed E-state index contributed by atoms with van der Waals surface area (Å²) in [5, 5.41) is 3.96. The van der Waals surface area contributed by atoms with E-state index in [1.165, 1.54) is 6.39 Å². The number of likely N-dealkylation sites (tertiary alicyclic amines) is 1. The topological polar surface area (TPSA) is 80.8 Å². The first-order chi connectivity index (χ1) is 11.9. The minimum atomic E-state index is 0.405. The average molecular weight is 322 g/mol. The van der Waals surface area contributed by atoms with Gasteiger partial charge in [-0.3, -0.25) is 9.88 Å². The van der Waals surface area contributed by atoms with Gasteiger partial charge in [0.15, 0.2) is 11.6 Å². The van der Waals surface area contributed by atoms with Gasteiger partial charge in [-0.05, 0) is 38.1 Å². The summed E-state index contributed by atoms with van der Waals surface area (Å²) in [4.78, 5) is 19.7. The second-order valence-electron chi connectivity index (χ2n) is 5.97. The van der Waals surface area contributed by atoms with E-state index in [1.54, 1.807) is 6.20 Å². The van der Waals surface area contributed by atoms with E-state index >= 15 is 0 Å². The van der Waals surface area contributed by atoms with Crippen molar-refractivity contribution in [2.45, 2.75) is 25.3 Å². The lowest BCUT2D eigenvalue weighted by Crippen LogP contribution is -2.32. The molecule has 0 N–H and O–H groups in total. The van der Waals surface area contributed by atoms with Crippen molar-refractivity contribution < 1.29 is 4.52 Å². The minimum absolute atomic E-state index is 0.405. The van der Waals surface area contributed by atoms with Gasteiger partial charge in [0.2, 0.25) is 6.39 Å².